The van der Waals surface area contributed by atoms with Crippen LogP contribution in [-0.2, 0) is 17.6 Å². The predicted molar refractivity (Wildman–Crippen MR) is 59.0 cm³/mol. The SMILES string of the molecule is CCOCCc1noc(CC(O)C(C)C)n1. The molecule has 0 fully saturated rings. The lowest BCUT2D eigenvalue weighted by Crippen LogP contribution is -2.17. The minimum atomic E-state index is -0.430. The van der Waals surface area contributed by atoms with Crippen LogP contribution in [0.5, 0.6) is 0 Å². The number of aromatic nitrogens is 2. The van der Waals surface area contributed by atoms with Crippen molar-refractivity contribution >= 4 is 0 Å². The zero-order valence-corrected chi connectivity index (χ0v) is 10.1. The second kappa shape index (κ2) is 6.60. The fraction of sp³-hybridized carbons (Fsp3) is 0.818. The number of hydrogen-bond acceptors (Lipinski definition) is 5. The van der Waals surface area contributed by atoms with Crippen molar-refractivity contribution in [2.24, 2.45) is 5.92 Å². The average Bonchev–Trinajstić information content (AvgIpc) is 2.66. The monoisotopic (exact) mass is 228 g/mol. The highest BCUT2D eigenvalue weighted by Gasteiger charge is 2.14. The Morgan fingerprint density at radius 2 is 2.19 bits per heavy atom. The third-order valence-electron chi connectivity index (χ3n) is 2.34. The maximum Gasteiger partial charge on any atom is 0.229 e. The van der Waals surface area contributed by atoms with E-state index in [2.05, 4.69) is 10.1 Å². The highest BCUT2D eigenvalue weighted by atomic mass is 16.5. The van der Waals surface area contributed by atoms with Gasteiger partial charge in [0.25, 0.3) is 0 Å². The largest absolute Gasteiger partial charge is 0.392 e. The molecule has 16 heavy (non-hydrogen) atoms. The van der Waals surface area contributed by atoms with Crippen molar-refractivity contribution in [2.75, 3.05) is 13.2 Å². The van der Waals surface area contributed by atoms with Gasteiger partial charge in [0, 0.05) is 13.0 Å². The van der Waals surface area contributed by atoms with Crippen LogP contribution in [-0.4, -0.2) is 34.6 Å². The molecule has 0 aliphatic heterocycles. The van der Waals surface area contributed by atoms with Gasteiger partial charge in [-0.05, 0) is 12.8 Å². The predicted octanol–water partition coefficient (Wildman–Crippen LogP) is 1.21. The van der Waals surface area contributed by atoms with E-state index in [1.54, 1.807) is 0 Å². The molecule has 92 valence electrons. The van der Waals surface area contributed by atoms with Crippen LogP contribution < -0.4 is 0 Å². The molecule has 0 amide bonds. The van der Waals surface area contributed by atoms with E-state index < -0.39 is 6.10 Å². The Hall–Kier alpha value is -0.940. The summed E-state index contributed by atoms with van der Waals surface area (Å²) in [5.41, 5.74) is 0. The standard InChI is InChI=1S/C11H20N2O3/c1-4-15-6-5-10-12-11(16-13-10)7-9(14)8(2)3/h8-9,14H,4-7H2,1-3H3. The molecule has 1 atom stereocenters. The second-order valence-corrected chi connectivity index (χ2v) is 4.07. The van der Waals surface area contributed by atoms with Gasteiger partial charge in [-0.3, -0.25) is 0 Å². The van der Waals surface area contributed by atoms with Crippen LogP contribution in [0, 0.1) is 5.92 Å². The lowest BCUT2D eigenvalue weighted by atomic mass is 10.0. The van der Waals surface area contributed by atoms with E-state index in [1.807, 2.05) is 20.8 Å². The van der Waals surface area contributed by atoms with Gasteiger partial charge in [-0.15, -0.1) is 0 Å². The van der Waals surface area contributed by atoms with Gasteiger partial charge >= 0.3 is 0 Å². The third-order valence-corrected chi connectivity index (χ3v) is 2.34. The van der Waals surface area contributed by atoms with Crippen molar-refractivity contribution in [1.82, 2.24) is 10.1 Å². The molecule has 0 aromatic carbocycles. The van der Waals surface area contributed by atoms with Gasteiger partial charge in [-0.2, -0.15) is 4.98 Å². The normalized spacial score (nSPS) is 13.3. The van der Waals surface area contributed by atoms with Crippen molar-refractivity contribution in [3.8, 4) is 0 Å². The first-order valence-electron chi connectivity index (χ1n) is 5.70. The Labute approximate surface area is 95.8 Å². The summed E-state index contributed by atoms with van der Waals surface area (Å²) < 4.78 is 10.2. The molecule has 5 nitrogen and oxygen atoms in total. The van der Waals surface area contributed by atoms with Gasteiger partial charge < -0.3 is 14.4 Å². The number of ether oxygens (including phenoxy) is 1. The Kier molecular flexibility index (Phi) is 5.42. The number of hydrogen-bond donors (Lipinski definition) is 1. The lowest BCUT2D eigenvalue weighted by Gasteiger charge is -2.10. The number of aliphatic hydroxyl groups is 1. The average molecular weight is 228 g/mol. The van der Waals surface area contributed by atoms with E-state index in [4.69, 9.17) is 9.26 Å². The van der Waals surface area contributed by atoms with E-state index in [9.17, 15) is 5.11 Å². The molecule has 0 saturated heterocycles. The molecule has 1 N–H and O–H groups in total. The fourth-order valence-electron chi connectivity index (χ4n) is 1.20. The van der Waals surface area contributed by atoms with E-state index in [-0.39, 0.29) is 5.92 Å². The van der Waals surface area contributed by atoms with E-state index in [1.165, 1.54) is 0 Å². The highest BCUT2D eigenvalue weighted by Crippen LogP contribution is 2.08. The number of rotatable bonds is 7. The van der Waals surface area contributed by atoms with Crippen LogP contribution in [0.1, 0.15) is 32.5 Å². The summed E-state index contributed by atoms with van der Waals surface area (Å²) in [5.74, 6) is 1.32. The molecule has 1 unspecified atom stereocenters. The van der Waals surface area contributed by atoms with E-state index in [0.717, 1.165) is 0 Å². The minimum absolute atomic E-state index is 0.193. The van der Waals surface area contributed by atoms with Crippen LogP contribution >= 0.6 is 0 Å². The Bertz CT molecular complexity index is 299. The molecule has 1 aromatic heterocycles. The van der Waals surface area contributed by atoms with Crippen molar-refractivity contribution in [2.45, 2.75) is 39.7 Å². The molecule has 0 bridgehead atoms. The van der Waals surface area contributed by atoms with Crippen LogP contribution in [0.3, 0.4) is 0 Å². The van der Waals surface area contributed by atoms with Gasteiger partial charge in [0.15, 0.2) is 5.82 Å². The molecule has 0 radical (unpaired) electrons. The Morgan fingerprint density at radius 3 is 2.81 bits per heavy atom. The molecular weight excluding hydrogens is 208 g/mol. The minimum Gasteiger partial charge on any atom is -0.392 e. The van der Waals surface area contributed by atoms with Crippen LogP contribution in [0.2, 0.25) is 0 Å². The van der Waals surface area contributed by atoms with Crippen molar-refractivity contribution in [3.63, 3.8) is 0 Å². The van der Waals surface area contributed by atoms with Crippen LogP contribution in [0.4, 0.5) is 0 Å². The van der Waals surface area contributed by atoms with E-state index >= 15 is 0 Å². The number of aliphatic hydroxyl groups excluding tert-OH is 1. The maximum atomic E-state index is 9.65. The molecule has 0 aliphatic rings. The zero-order chi connectivity index (χ0) is 12.0. The van der Waals surface area contributed by atoms with Crippen molar-refractivity contribution < 1.29 is 14.4 Å². The van der Waals surface area contributed by atoms with Gasteiger partial charge in [0.05, 0.1) is 19.1 Å². The third kappa shape index (κ3) is 4.28. The second-order valence-electron chi connectivity index (χ2n) is 4.07. The molecule has 0 aliphatic carbocycles. The van der Waals surface area contributed by atoms with Crippen LogP contribution in [0.15, 0.2) is 4.52 Å². The molecule has 0 saturated carbocycles. The molecule has 1 aromatic rings. The summed E-state index contributed by atoms with van der Waals surface area (Å²) in [6.07, 6.45) is 0.634. The Morgan fingerprint density at radius 1 is 1.44 bits per heavy atom. The highest BCUT2D eigenvalue weighted by molar-refractivity contribution is 4.88. The molecule has 0 spiro atoms. The summed E-state index contributed by atoms with van der Waals surface area (Å²) in [6.45, 7) is 7.15. The maximum absolute atomic E-state index is 9.65. The first-order chi connectivity index (χ1) is 7.63. The number of nitrogens with zero attached hydrogens (tertiary/aromatic N) is 2. The van der Waals surface area contributed by atoms with Gasteiger partial charge in [0.2, 0.25) is 5.89 Å². The summed E-state index contributed by atoms with van der Waals surface area (Å²) in [6, 6.07) is 0. The van der Waals surface area contributed by atoms with Gasteiger partial charge in [0.1, 0.15) is 0 Å². The Balaban J connectivity index is 2.39. The van der Waals surface area contributed by atoms with Gasteiger partial charge in [-0.1, -0.05) is 19.0 Å². The quantitative estimate of drug-likeness (QED) is 0.710. The molecule has 1 heterocycles. The van der Waals surface area contributed by atoms with E-state index in [0.29, 0.717) is 37.8 Å². The fourth-order valence-corrected chi connectivity index (χ4v) is 1.20. The topological polar surface area (TPSA) is 68.4 Å². The van der Waals surface area contributed by atoms with Crippen molar-refractivity contribution in [3.05, 3.63) is 11.7 Å². The lowest BCUT2D eigenvalue weighted by molar-refractivity contribution is 0.116. The summed E-state index contributed by atoms with van der Waals surface area (Å²) >= 11 is 0. The smallest absolute Gasteiger partial charge is 0.229 e. The molecular formula is C11H20N2O3. The zero-order valence-electron chi connectivity index (χ0n) is 10.1. The molecule has 5 heteroatoms. The van der Waals surface area contributed by atoms with Gasteiger partial charge in [-0.25, -0.2) is 0 Å². The first-order valence-corrected chi connectivity index (χ1v) is 5.70. The molecule has 1 rings (SSSR count). The van der Waals surface area contributed by atoms with Crippen LogP contribution in [0.25, 0.3) is 0 Å². The summed E-state index contributed by atoms with van der Waals surface area (Å²) in [4.78, 5) is 4.19. The summed E-state index contributed by atoms with van der Waals surface area (Å²) in [5, 5.41) is 13.5. The summed E-state index contributed by atoms with van der Waals surface area (Å²) in [7, 11) is 0. The first kappa shape index (κ1) is 13.1. The van der Waals surface area contributed by atoms with Crippen molar-refractivity contribution in [1.29, 1.82) is 0 Å².